The van der Waals surface area contributed by atoms with Crippen LogP contribution in [-0.4, -0.2) is 34.7 Å². The number of thioether (sulfide) groups is 1. The minimum Gasteiger partial charge on any atom is -0.396 e. The van der Waals surface area contributed by atoms with Crippen molar-refractivity contribution in [3.8, 4) is 0 Å². The maximum absolute atomic E-state index is 13.5. The van der Waals surface area contributed by atoms with E-state index in [2.05, 4.69) is 5.32 Å². The lowest BCUT2D eigenvalue weighted by atomic mass is 10.2. The second kappa shape index (κ2) is 7.90. The molecule has 0 bridgehead atoms. The number of hydrogen-bond donors (Lipinski definition) is 2. The molecule has 0 aliphatic carbocycles. The number of nitro groups is 1. The molecule has 0 aliphatic heterocycles. The van der Waals surface area contributed by atoms with Gasteiger partial charge in [-0.05, 0) is 12.2 Å². The molecule has 1 aromatic rings. The Morgan fingerprint density at radius 2 is 1.95 bits per heavy atom. The number of anilines is 1. The summed E-state index contributed by atoms with van der Waals surface area (Å²) in [4.78, 5) is 9.56. The number of nitrogens with zero attached hydrogens (tertiary/aromatic N) is 1. The fraction of sp³-hybridized carbons (Fsp3) is 0.455. The van der Waals surface area contributed by atoms with Crippen molar-refractivity contribution in [1.82, 2.24) is 0 Å². The van der Waals surface area contributed by atoms with Gasteiger partial charge in [0.25, 0.3) is 5.69 Å². The van der Waals surface area contributed by atoms with Crippen molar-refractivity contribution in [1.29, 1.82) is 0 Å². The molecule has 0 aromatic heterocycles. The van der Waals surface area contributed by atoms with Crippen LogP contribution in [0.2, 0.25) is 0 Å². The lowest BCUT2D eigenvalue weighted by Crippen LogP contribution is -2.08. The summed E-state index contributed by atoms with van der Waals surface area (Å²) in [5.74, 6) is -0.571. The molecule has 19 heavy (non-hydrogen) atoms. The van der Waals surface area contributed by atoms with Gasteiger partial charge in [0.15, 0.2) is 11.6 Å². The Hall–Kier alpha value is -1.41. The zero-order valence-electron chi connectivity index (χ0n) is 10.1. The van der Waals surface area contributed by atoms with E-state index in [-0.39, 0.29) is 12.3 Å². The number of non-ortho nitro benzene ring substituents is 1. The van der Waals surface area contributed by atoms with Gasteiger partial charge in [-0.3, -0.25) is 10.1 Å². The van der Waals surface area contributed by atoms with Crippen LogP contribution in [0.25, 0.3) is 0 Å². The molecule has 0 aliphatic rings. The number of aliphatic hydroxyl groups excluding tert-OH is 1. The predicted molar refractivity (Wildman–Crippen MR) is 70.5 cm³/mol. The third-order valence-corrected chi connectivity index (χ3v) is 3.30. The average molecular weight is 292 g/mol. The second-order valence-electron chi connectivity index (χ2n) is 3.66. The Morgan fingerprint density at radius 1 is 1.32 bits per heavy atom. The van der Waals surface area contributed by atoms with Crippen molar-refractivity contribution in [2.45, 2.75) is 6.42 Å². The van der Waals surface area contributed by atoms with Crippen LogP contribution in [0.3, 0.4) is 0 Å². The van der Waals surface area contributed by atoms with Crippen molar-refractivity contribution in [3.63, 3.8) is 0 Å². The first-order chi connectivity index (χ1) is 9.06. The number of nitrogens with one attached hydrogen (secondary N) is 1. The van der Waals surface area contributed by atoms with Gasteiger partial charge in [0.1, 0.15) is 5.69 Å². The molecule has 0 fully saturated rings. The van der Waals surface area contributed by atoms with Crippen LogP contribution in [0.1, 0.15) is 6.42 Å². The number of hydrogen-bond acceptors (Lipinski definition) is 5. The Bertz CT molecular complexity index is 423. The molecule has 2 N–H and O–H groups in total. The quantitative estimate of drug-likeness (QED) is 0.437. The van der Waals surface area contributed by atoms with Crippen molar-refractivity contribution in [2.24, 2.45) is 0 Å². The van der Waals surface area contributed by atoms with Crippen molar-refractivity contribution in [2.75, 3.05) is 30.0 Å². The molecule has 0 radical (unpaired) electrons. The Balaban J connectivity index is 2.52. The van der Waals surface area contributed by atoms with E-state index < -0.39 is 22.2 Å². The first-order valence-electron chi connectivity index (χ1n) is 5.62. The molecule has 0 spiro atoms. The fourth-order valence-electron chi connectivity index (χ4n) is 1.35. The van der Waals surface area contributed by atoms with Crippen LogP contribution >= 0.6 is 11.8 Å². The molecule has 0 atom stereocenters. The summed E-state index contributed by atoms with van der Waals surface area (Å²) >= 11 is 1.54. The Kier molecular flexibility index (Phi) is 6.51. The minimum atomic E-state index is -0.980. The maximum Gasteiger partial charge on any atom is 0.275 e. The highest BCUT2D eigenvalue weighted by Gasteiger charge is 2.16. The van der Waals surface area contributed by atoms with Crippen LogP contribution in [-0.2, 0) is 0 Å². The lowest BCUT2D eigenvalue weighted by molar-refractivity contribution is -0.385. The van der Waals surface area contributed by atoms with Gasteiger partial charge in [0.2, 0.25) is 0 Å². The van der Waals surface area contributed by atoms with E-state index in [9.17, 15) is 18.9 Å². The molecule has 0 saturated carbocycles. The van der Waals surface area contributed by atoms with E-state index in [1.807, 2.05) is 0 Å². The summed E-state index contributed by atoms with van der Waals surface area (Å²) < 4.78 is 26.9. The number of aliphatic hydroxyl groups is 1. The molecular weight excluding hydrogens is 278 g/mol. The largest absolute Gasteiger partial charge is 0.396 e. The summed E-state index contributed by atoms with van der Waals surface area (Å²) in [6.45, 7) is 0.452. The van der Waals surface area contributed by atoms with Crippen LogP contribution < -0.4 is 5.32 Å². The summed E-state index contributed by atoms with van der Waals surface area (Å²) in [6, 6.07) is 1.37. The number of nitro benzene ring substituents is 1. The predicted octanol–water partition coefficient (Wildman–Crippen LogP) is 2.40. The number of rotatable bonds is 8. The van der Waals surface area contributed by atoms with Crippen LogP contribution in [0.5, 0.6) is 0 Å². The first-order valence-corrected chi connectivity index (χ1v) is 6.77. The second-order valence-corrected chi connectivity index (χ2v) is 4.88. The first kappa shape index (κ1) is 15.6. The van der Waals surface area contributed by atoms with E-state index in [1.54, 1.807) is 11.8 Å². The van der Waals surface area contributed by atoms with E-state index in [0.29, 0.717) is 30.9 Å². The van der Waals surface area contributed by atoms with Crippen molar-refractivity contribution < 1.29 is 18.8 Å². The molecule has 0 amide bonds. The Labute approximate surface area is 113 Å². The third kappa shape index (κ3) is 4.99. The topological polar surface area (TPSA) is 75.4 Å². The zero-order chi connectivity index (χ0) is 14.3. The summed E-state index contributed by atoms with van der Waals surface area (Å²) in [7, 11) is 0. The van der Waals surface area contributed by atoms with Gasteiger partial charge in [0.05, 0.1) is 17.1 Å². The molecular formula is C11H14F2N2O3S. The van der Waals surface area contributed by atoms with E-state index in [4.69, 9.17) is 5.11 Å². The molecule has 0 heterocycles. The highest BCUT2D eigenvalue weighted by molar-refractivity contribution is 7.99. The van der Waals surface area contributed by atoms with Crippen LogP contribution in [0, 0.1) is 21.7 Å². The smallest absolute Gasteiger partial charge is 0.275 e. The zero-order valence-corrected chi connectivity index (χ0v) is 10.9. The van der Waals surface area contributed by atoms with Gasteiger partial charge >= 0.3 is 0 Å². The van der Waals surface area contributed by atoms with Crippen LogP contribution in [0.15, 0.2) is 12.1 Å². The maximum atomic E-state index is 13.5. The van der Waals surface area contributed by atoms with Gasteiger partial charge in [-0.15, -0.1) is 0 Å². The van der Waals surface area contributed by atoms with Crippen molar-refractivity contribution >= 4 is 23.1 Å². The average Bonchev–Trinajstić information content (AvgIpc) is 2.35. The monoisotopic (exact) mass is 292 g/mol. The van der Waals surface area contributed by atoms with Gasteiger partial charge < -0.3 is 10.4 Å². The molecule has 1 aromatic carbocycles. The highest BCUT2D eigenvalue weighted by atomic mass is 32.2. The van der Waals surface area contributed by atoms with Gasteiger partial charge in [-0.25, -0.2) is 8.78 Å². The fourth-order valence-corrected chi connectivity index (χ4v) is 2.13. The van der Waals surface area contributed by atoms with Gasteiger partial charge in [0, 0.05) is 18.9 Å². The summed E-state index contributed by atoms with van der Waals surface area (Å²) in [5.41, 5.74) is -0.966. The molecule has 0 saturated heterocycles. The van der Waals surface area contributed by atoms with E-state index >= 15 is 0 Å². The SMILES string of the molecule is O=[N+]([O-])c1cc(F)c(NCCSCCCO)c(F)c1. The number of benzene rings is 1. The minimum absolute atomic E-state index is 0.117. The van der Waals surface area contributed by atoms with Crippen molar-refractivity contribution in [3.05, 3.63) is 33.9 Å². The summed E-state index contributed by atoms with van der Waals surface area (Å²) in [6.07, 6.45) is 0.672. The highest BCUT2D eigenvalue weighted by Crippen LogP contribution is 2.24. The van der Waals surface area contributed by atoms with E-state index in [1.165, 1.54) is 0 Å². The molecule has 8 heteroatoms. The summed E-state index contributed by atoms with van der Waals surface area (Å²) in [5, 5.41) is 21.5. The lowest BCUT2D eigenvalue weighted by Gasteiger charge is -2.08. The molecule has 5 nitrogen and oxygen atoms in total. The standard InChI is InChI=1S/C11H14F2N2O3S/c12-9-6-8(15(17)18)7-10(13)11(9)14-2-5-19-4-1-3-16/h6-7,14,16H,1-5H2. The van der Waals surface area contributed by atoms with Gasteiger partial charge in [-0.2, -0.15) is 11.8 Å². The molecule has 106 valence electrons. The molecule has 1 rings (SSSR count). The van der Waals surface area contributed by atoms with Gasteiger partial charge in [-0.1, -0.05) is 0 Å². The molecule has 0 unspecified atom stereocenters. The normalized spacial score (nSPS) is 10.5. The number of halogens is 2. The third-order valence-electron chi connectivity index (χ3n) is 2.23. The Morgan fingerprint density at radius 3 is 2.47 bits per heavy atom. The van der Waals surface area contributed by atoms with Crippen LogP contribution in [0.4, 0.5) is 20.2 Å². The van der Waals surface area contributed by atoms with E-state index in [0.717, 1.165) is 5.75 Å².